The summed E-state index contributed by atoms with van der Waals surface area (Å²) in [5, 5.41) is 14.5. The molecule has 0 saturated heterocycles. The fourth-order valence-corrected chi connectivity index (χ4v) is 3.10. The molecule has 1 aliphatic carbocycles. The summed E-state index contributed by atoms with van der Waals surface area (Å²) in [5.74, 6) is 0.767. The van der Waals surface area contributed by atoms with Gasteiger partial charge < -0.3 is 20.5 Å². The first-order valence-corrected chi connectivity index (χ1v) is 10.6. The molecule has 1 atom stereocenters. The van der Waals surface area contributed by atoms with Gasteiger partial charge in [0.05, 0.1) is 13.2 Å². The Kier molecular flexibility index (Phi) is 7.85. The van der Waals surface area contributed by atoms with Gasteiger partial charge in [-0.3, -0.25) is 9.59 Å². The van der Waals surface area contributed by atoms with E-state index in [2.05, 4.69) is 17.6 Å². The molecule has 0 radical (unpaired) electrons. The van der Waals surface area contributed by atoms with Gasteiger partial charge in [0.2, 0.25) is 5.91 Å². The summed E-state index contributed by atoms with van der Waals surface area (Å²) >= 11 is 0. The Morgan fingerprint density at radius 3 is 2.33 bits per heavy atom. The number of carbonyl (C=O) groups excluding carboxylic acids is 2. The lowest BCUT2D eigenvalue weighted by atomic mass is 10.0. The monoisotopic (exact) mass is 410 g/mol. The van der Waals surface area contributed by atoms with Crippen molar-refractivity contribution in [3.8, 4) is 5.75 Å². The van der Waals surface area contributed by atoms with Gasteiger partial charge >= 0.3 is 0 Å². The molecular formula is C24H30N2O4. The molecule has 0 heterocycles. The van der Waals surface area contributed by atoms with Gasteiger partial charge in [0.25, 0.3) is 5.91 Å². The Morgan fingerprint density at radius 2 is 1.73 bits per heavy atom. The molecule has 1 unspecified atom stereocenters. The summed E-state index contributed by atoms with van der Waals surface area (Å²) in [5.41, 5.74) is 2.64. The summed E-state index contributed by atoms with van der Waals surface area (Å²) in [4.78, 5) is 25.3. The largest absolute Gasteiger partial charge is 0.493 e. The van der Waals surface area contributed by atoms with Gasteiger partial charge in [-0.2, -0.15) is 0 Å². The molecule has 1 aliphatic rings. The molecule has 3 N–H and O–H groups in total. The molecule has 0 spiro atoms. The third-order valence-corrected chi connectivity index (χ3v) is 5.20. The molecule has 1 saturated carbocycles. The SMILES string of the molecule is CCc1ccc(CC(NC(=O)c2ccc(OCC3CC3)cc2)C(=O)NCCO)cc1. The zero-order valence-corrected chi connectivity index (χ0v) is 17.4. The first-order valence-electron chi connectivity index (χ1n) is 10.6. The second-order valence-corrected chi connectivity index (χ2v) is 7.69. The third kappa shape index (κ3) is 6.59. The molecule has 2 aromatic rings. The number of benzene rings is 2. The Morgan fingerprint density at radius 1 is 1.07 bits per heavy atom. The van der Waals surface area contributed by atoms with Gasteiger partial charge in [0, 0.05) is 18.5 Å². The van der Waals surface area contributed by atoms with E-state index in [1.807, 2.05) is 24.3 Å². The normalized spacial score (nSPS) is 14.1. The van der Waals surface area contributed by atoms with Crippen LogP contribution in [0.15, 0.2) is 48.5 Å². The minimum atomic E-state index is -0.734. The molecule has 2 amide bonds. The van der Waals surface area contributed by atoms with Crippen molar-refractivity contribution in [1.29, 1.82) is 0 Å². The molecule has 2 aromatic carbocycles. The number of aliphatic hydroxyl groups excluding tert-OH is 1. The lowest BCUT2D eigenvalue weighted by molar-refractivity contribution is -0.123. The summed E-state index contributed by atoms with van der Waals surface area (Å²) < 4.78 is 5.71. The molecule has 3 rings (SSSR count). The van der Waals surface area contributed by atoms with Crippen molar-refractivity contribution in [2.75, 3.05) is 19.8 Å². The van der Waals surface area contributed by atoms with E-state index in [1.54, 1.807) is 24.3 Å². The van der Waals surface area contributed by atoms with Gasteiger partial charge in [-0.05, 0) is 60.6 Å². The zero-order chi connectivity index (χ0) is 21.3. The van der Waals surface area contributed by atoms with Crippen LogP contribution in [0.1, 0.15) is 41.3 Å². The fraction of sp³-hybridized carbons (Fsp3) is 0.417. The van der Waals surface area contributed by atoms with Gasteiger partial charge in [-0.25, -0.2) is 0 Å². The number of ether oxygens (including phenoxy) is 1. The minimum Gasteiger partial charge on any atom is -0.493 e. The number of hydrogen-bond acceptors (Lipinski definition) is 4. The van der Waals surface area contributed by atoms with Crippen LogP contribution in [0.3, 0.4) is 0 Å². The van der Waals surface area contributed by atoms with Crippen LogP contribution < -0.4 is 15.4 Å². The molecule has 0 bridgehead atoms. The number of hydrogen-bond donors (Lipinski definition) is 3. The zero-order valence-electron chi connectivity index (χ0n) is 17.4. The summed E-state index contributed by atoms with van der Waals surface area (Å²) in [6.45, 7) is 2.80. The first kappa shape index (κ1) is 21.8. The summed E-state index contributed by atoms with van der Waals surface area (Å²) in [7, 11) is 0. The van der Waals surface area contributed by atoms with Crippen molar-refractivity contribution in [3.63, 3.8) is 0 Å². The van der Waals surface area contributed by atoms with E-state index in [4.69, 9.17) is 9.84 Å². The van der Waals surface area contributed by atoms with Crippen LogP contribution in [0.5, 0.6) is 5.75 Å². The van der Waals surface area contributed by atoms with Crippen molar-refractivity contribution < 1.29 is 19.4 Å². The van der Waals surface area contributed by atoms with Crippen LogP contribution in [0, 0.1) is 5.92 Å². The molecule has 6 heteroatoms. The van der Waals surface area contributed by atoms with Crippen molar-refractivity contribution >= 4 is 11.8 Å². The Labute approximate surface area is 177 Å². The fourth-order valence-electron chi connectivity index (χ4n) is 3.10. The van der Waals surface area contributed by atoms with Crippen LogP contribution in [0.4, 0.5) is 0 Å². The van der Waals surface area contributed by atoms with Crippen molar-refractivity contribution in [1.82, 2.24) is 10.6 Å². The average Bonchev–Trinajstić information content (AvgIpc) is 3.61. The van der Waals surface area contributed by atoms with Crippen LogP contribution in [0.2, 0.25) is 0 Å². The van der Waals surface area contributed by atoms with Gasteiger partial charge in [-0.15, -0.1) is 0 Å². The number of amides is 2. The molecule has 1 fully saturated rings. The highest BCUT2D eigenvalue weighted by atomic mass is 16.5. The van der Waals surface area contributed by atoms with Crippen molar-refractivity contribution in [2.45, 2.75) is 38.6 Å². The maximum absolute atomic E-state index is 12.7. The predicted octanol–water partition coefficient (Wildman–Crippen LogP) is 2.49. The number of aliphatic hydroxyl groups is 1. The van der Waals surface area contributed by atoms with Gasteiger partial charge in [-0.1, -0.05) is 31.2 Å². The van der Waals surface area contributed by atoms with E-state index in [0.717, 1.165) is 24.3 Å². The second kappa shape index (κ2) is 10.8. The lowest BCUT2D eigenvalue weighted by Crippen LogP contribution is -2.48. The highest BCUT2D eigenvalue weighted by Gasteiger charge is 2.23. The third-order valence-electron chi connectivity index (χ3n) is 5.20. The van der Waals surface area contributed by atoms with Crippen LogP contribution >= 0.6 is 0 Å². The lowest BCUT2D eigenvalue weighted by Gasteiger charge is -2.19. The van der Waals surface area contributed by atoms with Crippen molar-refractivity contribution in [3.05, 3.63) is 65.2 Å². The summed E-state index contributed by atoms with van der Waals surface area (Å²) in [6, 6.07) is 14.2. The predicted molar refractivity (Wildman–Crippen MR) is 116 cm³/mol. The van der Waals surface area contributed by atoms with E-state index >= 15 is 0 Å². The second-order valence-electron chi connectivity index (χ2n) is 7.69. The minimum absolute atomic E-state index is 0.146. The molecule has 6 nitrogen and oxygen atoms in total. The average molecular weight is 411 g/mol. The molecule has 0 aliphatic heterocycles. The van der Waals surface area contributed by atoms with Crippen LogP contribution in [-0.2, 0) is 17.6 Å². The van der Waals surface area contributed by atoms with E-state index in [0.29, 0.717) is 17.9 Å². The maximum Gasteiger partial charge on any atom is 0.251 e. The standard InChI is InChI=1S/C24H30N2O4/c1-2-17-3-5-18(6-4-17)15-22(24(29)25-13-14-27)26-23(28)20-9-11-21(12-10-20)30-16-19-7-8-19/h3-6,9-12,19,22,27H,2,7-8,13-16H2,1H3,(H,25,29)(H,26,28). The Balaban J connectivity index is 1.64. The van der Waals surface area contributed by atoms with E-state index in [1.165, 1.54) is 18.4 Å². The summed E-state index contributed by atoms with van der Waals surface area (Å²) in [6.07, 6.45) is 3.76. The molecule has 30 heavy (non-hydrogen) atoms. The van der Waals surface area contributed by atoms with Crippen molar-refractivity contribution in [2.24, 2.45) is 5.92 Å². The quantitative estimate of drug-likeness (QED) is 0.531. The topological polar surface area (TPSA) is 87.7 Å². The number of rotatable bonds is 11. The van der Waals surface area contributed by atoms with Gasteiger partial charge in [0.15, 0.2) is 0 Å². The Hall–Kier alpha value is -2.86. The smallest absolute Gasteiger partial charge is 0.251 e. The molecule has 160 valence electrons. The first-order chi connectivity index (χ1) is 14.6. The van der Waals surface area contributed by atoms with Crippen LogP contribution in [0.25, 0.3) is 0 Å². The highest BCUT2D eigenvalue weighted by Crippen LogP contribution is 2.29. The van der Waals surface area contributed by atoms with E-state index in [9.17, 15) is 9.59 Å². The Bertz CT molecular complexity index is 829. The van der Waals surface area contributed by atoms with E-state index < -0.39 is 6.04 Å². The molecule has 0 aromatic heterocycles. The van der Waals surface area contributed by atoms with E-state index in [-0.39, 0.29) is 25.0 Å². The number of aryl methyl sites for hydroxylation is 1. The number of nitrogens with one attached hydrogen (secondary N) is 2. The maximum atomic E-state index is 12.7. The number of carbonyl (C=O) groups is 2. The van der Waals surface area contributed by atoms with Gasteiger partial charge in [0.1, 0.15) is 11.8 Å². The molecular weight excluding hydrogens is 380 g/mol. The van der Waals surface area contributed by atoms with Crippen LogP contribution in [-0.4, -0.2) is 42.7 Å². The highest BCUT2D eigenvalue weighted by molar-refractivity contribution is 5.97.